The average Bonchev–Trinajstić information content (AvgIpc) is 2.79. The van der Waals surface area contributed by atoms with Crippen molar-refractivity contribution in [3.8, 4) is 5.69 Å². The molecule has 0 fully saturated rings. The van der Waals surface area contributed by atoms with Crippen molar-refractivity contribution in [3.63, 3.8) is 0 Å². The fourth-order valence-electron chi connectivity index (χ4n) is 1.52. The lowest BCUT2D eigenvalue weighted by Gasteiger charge is -2.05. The highest BCUT2D eigenvalue weighted by atomic mass is 35.5. The molecule has 0 saturated carbocycles. The van der Waals surface area contributed by atoms with Crippen LogP contribution in [0.5, 0.6) is 0 Å². The Hall–Kier alpha value is -1.66. The maximum Gasteiger partial charge on any atom is 0.288 e. The van der Waals surface area contributed by atoms with Gasteiger partial charge in [-0.3, -0.25) is 10.1 Å². The Kier molecular flexibility index (Phi) is 3.49. The van der Waals surface area contributed by atoms with Gasteiger partial charge >= 0.3 is 0 Å². The van der Waals surface area contributed by atoms with Crippen molar-refractivity contribution >= 4 is 28.9 Å². The van der Waals surface area contributed by atoms with Crippen LogP contribution in [-0.4, -0.2) is 19.9 Å². The lowest BCUT2D eigenvalue weighted by molar-refractivity contribution is -0.384. The highest BCUT2D eigenvalue weighted by Crippen LogP contribution is 2.29. The Morgan fingerprint density at radius 1 is 1.50 bits per heavy atom. The van der Waals surface area contributed by atoms with Crippen molar-refractivity contribution in [2.24, 2.45) is 0 Å². The molecule has 1 heterocycles. The maximum atomic E-state index is 10.7. The highest BCUT2D eigenvalue weighted by Gasteiger charge is 2.16. The second-order valence-corrected chi connectivity index (χ2v) is 4.31. The molecule has 0 aliphatic heterocycles. The van der Waals surface area contributed by atoms with E-state index in [4.69, 9.17) is 23.2 Å². The minimum atomic E-state index is -0.523. The average molecular weight is 287 g/mol. The SMILES string of the molecule is Cc1cc([N+](=O)[O-])c(Cl)cc1-n1cc(CCl)nn1. The molecule has 1 aromatic carbocycles. The van der Waals surface area contributed by atoms with E-state index in [9.17, 15) is 10.1 Å². The molecule has 0 radical (unpaired) electrons. The van der Waals surface area contributed by atoms with Crippen LogP contribution in [0.1, 0.15) is 11.3 Å². The van der Waals surface area contributed by atoms with Crippen LogP contribution in [0.3, 0.4) is 0 Å². The van der Waals surface area contributed by atoms with Gasteiger partial charge in [0.2, 0.25) is 0 Å². The molecule has 0 bridgehead atoms. The number of nitro groups is 1. The summed E-state index contributed by atoms with van der Waals surface area (Å²) in [5, 5.41) is 18.5. The molecule has 0 aliphatic carbocycles. The van der Waals surface area contributed by atoms with E-state index in [1.165, 1.54) is 16.8 Å². The largest absolute Gasteiger partial charge is 0.288 e. The molecule has 0 amide bonds. The van der Waals surface area contributed by atoms with Crippen LogP contribution < -0.4 is 0 Å². The van der Waals surface area contributed by atoms with Gasteiger partial charge in [0.25, 0.3) is 5.69 Å². The Bertz CT molecular complexity index is 612. The van der Waals surface area contributed by atoms with E-state index < -0.39 is 4.92 Å². The topological polar surface area (TPSA) is 73.8 Å². The first kappa shape index (κ1) is 12.8. The van der Waals surface area contributed by atoms with Crippen LogP contribution in [0, 0.1) is 17.0 Å². The maximum absolute atomic E-state index is 10.7. The predicted octanol–water partition coefficient (Wildman–Crippen LogP) is 2.88. The summed E-state index contributed by atoms with van der Waals surface area (Å²) in [7, 11) is 0. The zero-order valence-corrected chi connectivity index (χ0v) is 10.8. The van der Waals surface area contributed by atoms with Crippen molar-refractivity contribution in [1.29, 1.82) is 0 Å². The van der Waals surface area contributed by atoms with E-state index in [0.29, 0.717) is 16.9 Å². The third-order valence-electron chi connectivity index (χ3n) is 2.39. The van der Waals surface area contributed by atoms with Gasteiger partial charge in [-0.15, -0.1) is 16.7 Å². The number of alkyl halides is 1. The molecule has 2 rings (SSSR count). The fourth-order valence-corrected chi connectivity index (χ4v) is 1.87. The predicted molar refractivity (Wildman–Crippen MR) is 67.3 cm³/mol. The summed E-state index contributed by atoms with van der Waals surface area (Å²) in [5.41, 5.74) is 1.80. The molecule has 94 valence electrons. The monoisotopic (exact) mass is 286 g/mol. The van der Waals surface area contributed by atoms with Crippen molar-refractivity contribution in [2.75, 3.05) is 0 Å². The molecule has 2 aromatic rings. The summed E-state index contributed by atoms with van der Waals surface area (Å²) in [5.74, 6) is 0.250. The molecule has 6 nitrogen and oxygen atoms in total. The Morgan fingerprint density at radius 2 is 2.22 bits per heavy atom. The van der Waals surface area contributed by atoms with Crippen LogP contribution in [0.2, 0.25) is 5.02 Å². The first-order valence-corrected chi connectivity index (χ1v) is 5.86. The molecule has 1 aromatic heterocycles. The Labute approximate surface area is 112 Å². The van der Waals surface area contributed by atoms with Crippen LogP contribution in [0.15, 0.2) is 18.3 Å². The van der Waals surface area contributed by atoms with Crippen LogP contribution in [0.4, 0.5) is 5.69 Å². The number of aromatic nitrogens is 3. The molecule has 0 atom stereocenters. The number of halogens is 2. The normalized spacial score (nSPS) is 10.6. The minimum Gasteiger partial charge on any atom is -0.258 e. The third-order valence-corrected chi connectivity index (χ3v) is 2.96. The first-order chi connectivity index (χ1) is 8.52. The molecule has 0 spiro atoms. The van der Waals surface area contributed by atoms with Gasteiger partial charge in [-0.2, -0.15) is 0 Å². The summed E-state index contributed by atoms with van der Waals surface area (Å²) in [6.07, 6.45) is 1.65. The van der Waals surface area contributed by atoms with E-state index in [-0.39, 0.29) is 16.6 Å². The van der Waals surface area contributed by atoms with Gasteiger partial charge in [-0.05, 0) is 18.6 Å². The summed E-state index contributed by atoms with van der Waals surface area (Å²) in [6.45, 7) is 1.74. The molecular formula is C10H8Cl2N4O2. The minimum absolute atomic E-state index is 0.0588. The Morgan fingerprint density at radius 3 is 2.78 bits per heavy atom. The second-order valence-electron chi connectivity index (χ2n) is 3.64. The second kappa shape index (κ2) is 4.91. The lowest BCUT2D eigenvalue weighted by Crippen LogP contribution is -2.00. The van der Waals surface area contributed by atoms with E-state index in [2.05, 4.69) is 10.3 Å². The van der Waals surface area contributed by atoms with Crippen LogP contribution in [-0.2, 0) is 5.88 Å². The number of hydrogen-bond acceptors (Lipinski definition) is 4. The van der Waals surface area contributed by atoms with Crippen molar-refractivity contribution in [2.45, 2.75) is 12.8 Å². The van der Waals surface area contributed by atoms with Crippen molar-refractivity contribution < 1.29 is 4.92 Å². The quantitative estimate of drug-likeness (QED) is 0.494. The number of hydrogen-bond donors (Lipinski definition) is 0. The summed E-state index contributed by atoms with van der Waals surface area (Å²) >= 11 is 11.5. The number of rotatable bonds is 3. The zero-order valence-electron chi connectivity index (χ0n) is 9.30. The van der Waals surface area contributed by atoms with Gasteiger partial charge in [0.15, 0.2) is 0 Å². The van der Waals surface area contributed by atoms with Gasteiger partial charge in [0.1, 0.15) is 5.02 Å². The van der Waals surface area contributed by atoms with Gasteiger partial charge in [-0.25, -0.2) is 4.68 Å². The summed E-state index contributed by atoms with van der Waals surface area (Å²) in [6, 6.07) is 2.89. The number of nitro benzene ring substituents is 1. The zero-order chi connectivity index (χ0) is 13.3. The standard InChI is InChI=1S/C10H8Cl2N4O2/c1-6-2-10(16(17)18)8(12)3-9(6)15-5-7(4-11)13-14-15/h2-3,5H,4H2,1H3. The number of nitrogens with zero attached hydrogens (tertiary/aromatic N) is 4. The molecule has 0 saturated heterocycles. The van der Waals surface area contributed by atoms with Crippen molar-refractivity contribution in [3.05, 3.63) is 44.7 Å². The number of aryl methyl sites for hydroxylation is 1. The van der Waals surface area contributed by atoms with E-state index >= 15 is 0 Å². The van der Waals surface area contributed by atoms with E-state index in [1.807, 2.05) is 0 Å². The van der Waals surface area contributed by atoms with Gasteiger partial charge in [0.05, 0.1) is 28.4 Å². The molecular weight excluding hydrogens is 279 g/mol. The molecule has 0 aliphatic rings. The van der Waals surface area contributed by atoms with Gasteiger partial charge in [-0.1, -0.05) is 16.8 Å². The van der Waals surface area contributed by atoms with Crippen LogP contribution in [0.25, 0.3) is 5.69 Å². The summed E-state index contributed by atoms with van der Waals surface area (Å²) in [4.78, 5) is 10.2. The third kappa shape index (κ3) is 2.30. The summed E-state index contributed by atoms with van der Waals surface area (Å²) < 4.78 is 1.49. The van der Waals surface area contributed by atoms with Crippen LogP contribution >= 0.6 is 23.2 Å². The molecule has 0 N–H and O–H groups in total. The van der Waals surface area contributed by atoms with E-state index in [1.54, 1.807) is 13.1 Å². The fraction of sp³-hybridized carbons (Fsp3) is 0.200. The highest BCUT2D eigenvalue weighted by molar-refractivity contribution is 6.32. The van der Waals surface area contributed by atoms with Gasteiger partial charge < -0.3 is 0 Å². The van der Waals surface area contributed by atoms with E-state index in [0.717, 1.165) is 0 Å². The smallest absolute Gasteiger partial charge is 0.258 e. The molecule has 8 heteroatoms. The number of benzene rings is 1. The molecule has 0 unspecified atom stereocenters. The first-order valence-electron chi connectivity index (χ1n) is 4.95. The Balaban J connectivity index is 2.52. The van der Waals surface area contributed by atoms with Crippen molar-refractivity contribution in [1.82, 2.24) is 15.0 Å². The van der Waals surface area contributed by atoms with Gasteiger partial charge in [0, 0.05) is 6.07 Å². The lowest BCUT2D eigenvalue weighted by atomic mass is 10.2. The molecule has 18 heavy (non-hydrogen) atoms.